The highest BCUT2D eigenvalue weighted by atomic mass is 35.5. The van der Waals surface area contributed by atoms with Crippen molar-refractivity contribution in [1.82, 2.24) is 9.29 Å². The summed E-state index contributed by atoms with van der Waals surface area (Å²) in [5.41, 5.74) is 9.46. The number of piperidine rings is 1. The lowest BCUT2D eigenvalue weighted by atomic mass is 9.73. The highest BCUT2D eigenvalue weighted by molar-refractivity contribution is 7.89. The Morgan fingerprint density at radius 3 is 2.45 bits per heavy atom. The maximum Gasteiger partial charge on any atom is 0.243 e. The molecule has 1 amide bonds. The van der Waals surface area contributed by atoms with Gasteiger partial charge in [0.05, 0.1) is 15.3 Å². The van der Waals surface area contributed by atoms with E-state index in [-0.39, 0.29) is 51.1 Å². The van der Waals surface area contributed by atoms with Crippen LogP contribution >= 0.6 is 23.2 Å². The molecule has 1 spiro atoms. The number of halogens is 3. The predicted molar refractivity (Wildman–Crippen MR) is 169 cm³/mol. The zero-order chi connectivity index (χ0) is 31.4. The van der Waals surface area contributed by atoms with Crippen LogP contribution in [0.25, 0.3) is 11.1 Å². The van der Waals surface area contributed by atoms with Gasteiger partial charge in [-0.25, -0.2) is 17.8 Å². The van der Waals surface area contributed by atoms with E-state index in [9.17, 15) is 17.6 Å². The number of nitrogen functional groups attached to an aromatic ring is 1. The maximum absolute atomic E-state index is 14.1. The molecule has 44 heavy (non-hydrogen) atoms. The van der Waals surface area contributed by atoms with Crippen LogP contribution in [0.1, 0.15) is 42.6 Å². The van der Waals surface area contributed by atoms with Crippen molar-refractivity contribution in [3.63, 3.8) is 0 Å². The number of benzene rings is 3. The number of carbonyl (C=O) groups excluding carboxylic acids is 1. The third-order valence-electron chi connectivity index (χ3n) is 8.46. The Morgan fingerprint density at radius 2 is 1.75 bits per heavy atom. The average Bonchev–Trinajstić information content (AvgIpc) is 3.26. The Balaban J connectivity index is 1.27. The number of fused-ring (bicyclic) bond motifs is 2. The fourth-order valence-corrected chi connectivity index (χ4v) is 8.05. The van der Waals surface area contributed by atoms with E-state index in [1.807, 2.05) is 25.1 Å². The van der Waals surface area contributed by atoms with Gasteiger partial charge in [0.15, 0.2) is 11.6 Å². The van der Waals surface area contributed by atoms with Crippen LogP contribution in [0.15, 0.2) is 71.8 Å². The van der Waals surface area contributed by atoms with Gasteiger partial charge < -0.3 is 15.8 Å². The minimum atomic E-state index is -3.69. The fraction of sp³-hybridized carbons (Fsp3) is 0.250. The molecule has 3 heterocycles. The molecule has 2 aliphatic rings. The highest BCUT2D eigenvalue weighted by Crippen LogP contribution is 2.47. The van der Waals surface area contributed by atoms with Crippen molar-refractivity contribution in [3.05, 3.63) is 99.4 Å². The van der Waals surface area contributed by atoms with Gasteiger partial charge in [0.25, 0.3) is 0 Å². The summed E-state index contributed by atoms with van der Waals surface area (Å²) in [5, 5.41) is 3.11. The Hall–Kier alpha value is -3.70. The number of amides is 1. The molecule has 1 aromatic heterocycles. The number of aryl methyl sites for hydroxylation is 1. The highest BCUT2D eigenvalue weighted by Gasteiger charge is 2.50. The molecular weight excluding hydrogens is 626 g/mol. The van der Waals surface area contributed by atoms with Crippen LogP contribution in [-0.4, -0.2) is 36.7 Å². The van der Waals surface area contributed by atoms with E-state index in [4.69, 9.17) is 33.7 Å². The number of nitrogens with two attached hydrogens (primary N) is 1. The molecule has 0 bridgehead atoms. The number of nitrogens with one attached hydrogen (secondary N) is 1. The maximum atomic E-state index is 14.1. The van der Waals surface area contributed by atoms with Crippen molar-refractivity contribution < 1.29 is 22.3 Å². The molecule has 1 fully saturated rings. The number of ether oxygens (including phenoxy) is 1. The van der Waals surface area contributed by atoms with Crippen molar-refractivity contribution in [3.8, 4) is 16.9 Å². The quantitative estimate of drug-likeness (QED) is 0.219. The monoisotopic (exact) mass is 654 g/mol. The molecule has 0 unspecified atom stereocenters. The first-order valence-electron chi connectivity index (χ1n) is 14.0. The van der Waals surface area contributed by atoms with Gasteiger partial charge in [0.2, 0.25) is 15.9 Å². The van der Waals surface area contributed by atoms with Crippen LogP contribution < -0.4 is 15.8 Å². The molecule has 2 aliphatic heterocycles. The summed E-state index contributed by atoms with van der Waals surface area (Å²) in [6.45, 7) is 4.00. The van der Waals surface area contributed by atoms with Crippen LogP contribution in [0, 0.1) is 12.7 Å². The minimum absolute atomic E-state index is 0.126. The summed E-state index contributed by atoms with van der Waals surface area (Å²) in [6.07, 6.45) is 1.53. The van der Waals surface area contributed by atoms with E-state index in [1.54, 1.807) is 43.5 Å². The second-order valence-electron chi connectivity index (χ2n) is 11.1. The van der Waals surface area contributed by atoms with Gasteiger partial charge in [-0.05, 0) is 80.3 Å². The summed E-state index contributed by atoms with van der Waals surface area (Å²) >= 11 is 12.5. The first-order valence-corrected chi connectivity index (χ1v) is 16.2. The number of hydrogen-bond donors (Lipinski definition) is 2. The number of anilines is 2. The summed E-state index contributed by atoms with van der Waals surface area (Å²) in [7, 11) is -3.69. The Labute approximate surface area is 265 Å². The molecule has 1 atom stereocenters. The summed E-state index contributed by atoms with van der Waals surface area (Å²) in [4.78, 5) is 17.9. The number of hydrogen-bond acceptors (Lipinski definition) is 6. The molecular formula is C32H29Cl2FN4O4S. The smallest absolute Gasteiger partial charge is 0.243 e. The van der Waals surface area contributed by atoms with E-state index >= 15 is 0 Å². The molecule has 3 aromatic carbocycles. The second kappa shape index (κ2) is 11.3. The SMILES string of the molecule is Cc1ccc(S(=O)(=O)N2CCC3(CC2)C(=O)Nc2ccc(-c4cnc(N)c(O[C@H](C)c5c(Cl)ccc(F)c5Cl)c4)cc23)cc1. The van der Waals surface area contributed by atoms with Crippen molar-refractivity contribution >= 4 is 50.6 Å². The van der Waals surface area contributed by atoms with Gasteiger partial charge in [0.1, 0.15) is 11.9 Å². The van der Waals surface area contributed by atoms with Gasteiger partial charge in [-0.15, -0.1) is 0 Å². The zero-order valence-electron chi connectivity index (χ0n) is 23.9. The summed E-state index contributed by atoms with van der Waals surface area (Å²) < 4.78 is 48.3. The fourth-order valence-electron chi connectivity index (χ4n) is 5.93. The third-order valence-corrected chi connectivity index (χ3v) is 11.1. The van der Waals surface area contributed by atoms with Gasteiger partial charge in [-0.3, -0.25) is 4.79 Å². The standard InChI is InChI=1S/C32H29Cl2FN4O4S/c1-18-3-6-22(7-4-18)44(41,42)39-13-11-32(12-14-39)23-15-20(5-10-26(23)38-31(32)40)21-16-27(30(36)37-17-21)43-19(2)28-24(33)8-9-25(35)29(28)34/h3-10,15-17,19H,11-14H2,1-2H3,(H2,36,37)(H,38,40)/t19-/m1/s1. The molecule has 3 N–H and O–H groups in total. The molecule has 0 radical (unpaired) electrons. The number of nitrogens with zero attached hydrogens (tertiary/aromatic N) is 2. The lowest BCUT2D eigenvalue weighted by molar-refractivity contribution is -0.122. The van der Waals surface area contributed by atoms with Crippen LogP contribution in [-0.2, 0) is 20.2 Å². The third kappa shape index (κ3) is 5.19. The van der Waals surface area contributed by atoms with Crippen molar-refractivity contribution in [2.75, 3.05) is 24.1 Å². The Morgan fingerprint density at radius 1 is 1.05 bits per heavy atom. The van der Waals surface area contributed by atoms with Crippen LogP contribution in [0.5, 0.6) is 5.75 Å². The van der Waals surface area contributed by atoms with E-state index < -0.39 is 27.4 Å². The van der Waals surface area contributed by atoms with Crippen LogP contribution in [0.4, 0.5) is 15.9 Å². The Kier molecular flexibility index (Phi) is 7.82. The van der Waals surface area contributed by atoms with Crippen LogP contribution in [0.2, 0.25) is 10.0 Å². The Bertz CT molecular complexity index is 1900. The summed E-state index contributed by atoms with van der Waals surface area (Å²) in [5.74, 6) is -0.379. The molecule has 228 valence electrons. The first kappa shape index (κ1) is 30.3. The molecule has 4 aromatic rings. The van der Waals surface area contributed by atoms with Gasteiger partial charge in [-0.2, -0.15) is 4.31 Å². The molecule has 1 saturated heterocycles. The van der Waals surface area contributed by atoms with E-state index in [0.717, 1.165) is 16.7 Å². The van der Waals surface area contributed by atoms with Gasteiger partial charge in [0, 0.05) is 41.1 Å². The molecule has 12 heteroatoms. The number of aromatic nitrogens is 1. The van der Waals surface area contributed by atoms with Gasteiger partial charge in [-0.1, -0.05) is 47.0 Å². The topological polar surface area (TPSA) is 115 Å². The minimum Gasteiger partial charge on any atom is -0.482 e. The normalized spacial score (nSPS) is 16.9. The predicted octanol–water partition coefficient (Wildman–Crippen LogP) is 6.90. The number of sulfonamides is 1. The molecule has 0 saturated carbocycles. The molecule has 6 rings (SSSR count). The summed E-state index contributed by atoms with van der Waals surface area (Å²) in [6, 6.07) is 16.7. The lowest BCUT2D eigenvalue weighted by Gasteiger charge is -2.37. The van der Waals surface area contributed by atoms with Crippen molar-refractivity contribution in [1.29, 1.82) is 0 Å². The van der Waals surface area contributed by atoms with E-state index in [0.29, 0.717) is 24.1 Å². The second-order valence-corrected chi connectivity index (χ2v) is 13.9. The molecule has 0 aliphatic carbocycles. The van der Waals surface area contributed by atoms with Crippen molar-refractivity contribution in [2.24, 2.45) is 0 Å². The zero-order valence-corrected chi connectivity index (χ0v) is 26.2. The lowest BCUT2D eigenvalue weighted by Crippen LogP contribution is -2.48. The largest absolute Gasteiger partial charge is 0.482 e. The number of pyridine rings is 1. The average molecular weight is 656 g/mol. The number of carbonyl (C=O) groups is 1. The van der Waals surface area contributed by atoms with Crippen molar-refractivity contribution in [2.45, 2.75) is 43.1 Å². The van der Waals surface area contributed by atoms with Gasteiger partial charge >= 0.3 is 0 Å². The first-order chi connectivity index (χ1) is 20.9. The molecule has 8 nitrogen and oxygen atoms in total. The van der Waals surface area contributed by atoms with E-state index in [2.05, 4.69) is 10.3 Å². The van der Waals surface area contributed by atoms with E-state index in [1.165, 1.54) is 16.4 Å². The number of rotatable bonds is 6. The van der Waals surface area contributed by atoms with Crippen LogP contribution in [0.3, 0.4) is 0 Å².